The summed E-state index contributed by atoms with van der Waals surface area (Å²) in [5.41, 5.74) is -0.665. The smallest absolute Gasteiger partial charge is 0.382 e. The average Bonchev–Trinajstić information content (AvgIpc) is 2.83. The van der Waals surface area contributed by atoms with Crippen LogP contribution < -0.4 is 5.32 Å². The first kappa shape index (κ1) is 14.5. The molecular weight excluding hydrogens is 279 g/mol. The fraction of sp³-hybridized carbons (Fsp3) is 0.538. The van der Waals surface area contributed by atoms with E-state index in [-0.39, 0.29) is 22.7 Å². The Morgan fingerprint density at radius 2 is 2.16 bits per heavy atom. The Morgan fingerprint density at radius 3 is 2.74 bits per heavy atom. The van der Waals surface area contributed by atoms with Gasteiger partial charge < -0.3 is 10.1 Å². The molecule has 0 aliphatic carbocycles. The molecule has 1 aliphatic heterocycles. The Kier molecular flexibility index (Phi) is 4.26. The van der Waals surface area contributed by atoms with E-state index in [1.807, 2.05) is 6.92 Å². The highest BCUT2D eigenvalue weighted by Gasteiger charge is 2.34. The standard InChI is InChI=1S/C13H15ClF3NO/c1-8(9-4-5-19-7-9)18-12-3-2-10(14)6-11(12)13(15,16)17/h2-3,6,8-9,18H,4-5,7H2,1H3. The van der Waals surface area contributed by atoms with Gasteiger partial charge in [0.2, 0.25) is 0 Å². The molecule has 2 atom stereocenters. The van der Waals surface area contributed by atoms with Gasteiger partial charge >= 0.3 is 6.18 Å². The molecule has 1 saturated heterocycles. The summed E-state index contributed by atoms with van der Waals surface area (Å²) in [6.07, 6.45) is -3.55. The minimum atomic E-state index is -4.42. The molecule has 0 bridgehead atoms. The molecule has 1 aromatic rings. The van der Waals surface area contributed by atoms with Crippen molar-refractivity contribution in [1.82, 2.24) is 0 Å². The summed E-state index contributed by atoms with van der Waals surface area (Å²) in [5, 5.41) is 3.01. The van der Waals surface area contributed by atoms with Gasteiger partial charge in [-0.15, -0.1) is 0 Å². The predicted molar refractivity (Wildman–Crippen MR) is 68.5 cm³/mol. The van der Waals surface area contributed by atoms with Crippen LogP contribution in [0.3, 0.4) is 0 Å². The topological polar surface area (TPSA) is 21.3 Å². The van der Waals surface area contributed by atoms with Gasteiger partial charge in [0, 0.05) is 29.3 Å². The lowest BCUT2D eigenvalue weighted by Gasteiger charge is -2.23. The Morgan fingerprint density at radius 1 is 1.42 bits per heavy atom. The number of anilines is 1. The van der Waals surface area contributed by atoms with Crippen molar-refractivity contribution in [1.29, 1.82) is 0 Å². The Hall–Kier alpha value is -0.940. The maximum absolute atomic E-state index is 12.9. The van der Waals surface area contributed by atoms with Crippen molar-refractivity contribution >= 4 is 17.3 Å². The molecule has 1 N–H and O–H groups in total. The van der Waals surface area contributed by atoms with Crippen LogP contribution in [0.15, 0.2) is 18.2 Å². The van der Waals surface area contributed by atoms with Crippen LogP contribution in [0.4, 0.5) is 18.9 Å². The van der Waals surface area contributed by atoms with E-state index in [0.717, 1.165) is 12.5 Å². The van der Waals surface area contributed by atoms with Gasteiger partial charge in [-0.05, 0) is 31.5 Å². The normalized spacial score (nSPS) is 21.4. The van der Waals surface area contributed by atoms with Gasteiger partial charge in [0.1, 0.15) is 0 Å². The van der Waals surface area contributed by atoms with E-state index < -0.39 is 11.7 Å². The van der Waals surface area contributed by atoms with Crippen LogP contribution >= 0.6 is 11.6 Å². The second kappa shape index (κ2) is 5.59. The molecular formula is C13H15ClF3NO. The highest BCUT2D eigenvalue weighted by Crippen LogP contribution is 2.37. The van der Waals surface area contributed by atoms with Crippen molar-refractivity contribution in [2.75, 3.05) is 18.5 Å². The Bertz CT molecular complexity index is 444. The summed E-state index contributed by atoms with van der Waals surface area (Å²) in [6.45, 7) is 3.13. The SMILES string of the molecule is CC(Nc1ccc(Cl)cc1C(F)(F)F)C1CCOC1. The van der Waals surface area contributed by atoms with Gasteiger partial charge in [-0.25, -0.2) is 0 Å². The molecule has 2 rings (SSSR count). The molecule has 0 spiro atoms. The number of nitrogens with one attached hydrogen (secondary N) is 1. The highest BCUT2D eigenvalue weighted by atomic mass is 35.5. The molecule has 1 aromatic carbocycles. The summed E-state index contributed by atoms with van der Waals surface area (Å²) in [5.74, 6) is 0.233. The number of ether oxygens (including phenoxy) is 1. The van der Waals surface area contributed by atoms with Gasteiger partial charge in [0.25, 0.3) is 0 Å². The third-order valence-electron chi connectivity index (χ3n) is 3.34. The first-order valence-electron chi connectivity index (χ1n) is 6.09. The molecule has 2 nitrogen and oxygen atoms in total. The van der Waals surface area contributed by atoms with Gasteiger partial charge in [-0.3, -0.25) is 0 Å². The zero-order chi connectivity index (χ0) is 14.0. The van der Waals surface area contributed by atoms with E-state index in [2.05, 4.69) is 5.32 Å². The molecule has 106 valence electrons. The molecule has 6 heteroatoms. The fourth-order valence-corrected chi connectivity index (χ4v) is 2.36. The first-order chi connectivity index (χ1) is 8.88. The lowest BCUT2D eigenvalue weighted by Crippen LogP contribution is -2.27. The van der Waals surface area contributed by atoms with Crippen molar-refractivity contribution in [3.63, 3.8) is 0 Å². The minimum absolute atomic E-state index is 0.0660. The quantitative estimate of drug-likeness (QED) is 0.902. The second-order valence-corrected chi connectivity index (χ2v) is 5.18. The maximum atomic E-state index is 12.9. The second-order valence-electron chi connectivity index (χ2n) is 4.74. The maximum Gasteiger partial charge on any atom is 0.418 e. The van der Waals surface area contributed by atoms with Crippen molar-refractivity contribution in [2.24, 2.45) is 5.92 Å². The van der Waals surface area contributed by atoms with Crippen molar-refractivity contribution in [2.45, 2.75) is 25.6 Å². The van der Waals surface area contributed by atoms with Gasteiger partial charge in [-0.1, -0.05) is 11.6 Å². The summed E-state index contributed by atoms with van der Waals surface area (Å²) >= 11 is 5.64. The van der Waals surface area contributed by atoms with Gasteiger partial charge in [0.05, 0.1) is 12.2 Å². The van der Waals surface area contributed by atoms with Crippen LogP contribution in [-0.4, -0.2) is 19.3 Å². The number of alkyl halides is 3. The first-order valence-corrected chi connectivity index (χ1v) is 6.47. The monoisotopic (exact) mass is 293 g/mol. The van der Waals surface area contributed by atoms with E-state index in [1.165, 1.54) is 12.1 Å². The van der Waals surface area contributed by atoms with Crippen LogP contribution in [0.2, 0.25) is 5.02 Å². The number of rotatable bonds is 3. The van der Waals surface area contributed by atoms with Gasteiger partial charge in [0.15, 0.2) is 0 Å². The van der Waals surface area contributed by atoms with E-state index in [0.29, 0.717) is 13.2 Å². The van der Waals surface area contributed by atoms with Crippen molar-refractivity contribution < 1.29 is 17.9 Å². The molecule has 0 amide bonds. The van der Waals surface area contributed by atoms with Gasteiger partial charge in [-0.2, -0.15) is 13.2 Å². The number of halogens is 4. The molecule has 1 aliphatic rings. The number of benzene rings is 1. The van der Waals surface area contributed by atoms with Crippen molar-refractivity contribution in [3.05, 3.63) is 28.8 Å². The minimum Gasteiger partial charge on any atom is -0.382 e. The van der Waals surface area contributed by atoms with Crippen LogP contribution in [-0.2, 0) is 10.9 Å². The molecule has 1 fully saturated rings. The third-order valence-corrected chi connectivity index (χ3v) is 3.58. The fourth-order valence-electron chi connectivity index (χ4n) is 2.19. The molecule has 19 heavy (non-hydrogen) atoms. The highest BCUT2D eigenvalue weighted by molar-refractivity contribution is 6.30. The van der Waals surface area contributed by atoms with Crippen LogP contribution in [0, 0.1) is 5.92 Å². The van der Waals surface area contributed by atoms with E-state index >= 15 is 0 Å². The molecule has 2 unspecified atom stereocenters. The summed E-state index contributed by atoms with van der Waals surface area (Å²) < 4.78 is 44.0. The largest absolute Gasteiger partial charge is 0.418 e. The predicted octanol–water partition coefficient (Wildman–Crippen LogP) is 4.20. The van der Waals surface area contributed by atoms with Crippen LogP contribution in [0.5, 0.6) is 0 Å². The van der Waals surface area contributed by atoms with E-state index in [9.17, 15) is 13.2 Å². The lowest BCUT2D eigenvalue weighted by molar-refractivity contribution is -0.137. The van der Waals surface area contributed by atoms with Crippen LogP contribution in [0.1, 0.15) is 18.9 Å². The number of hydrogen-bond donors (Lipinski definition) is 1. The Balaban J connectivity index is 2.19. The zero-order valence-electron chi connectivity index (χ0n) is 10.4. The summed E-state index contributed by atoms with van der Waals surface area (Å²) in [4.78, 5) is 0. The lowest BCUT2D eigenvalue weighted by atomic mass is 10.00. The zero-order valence-corrected chi connectivity index (χ0v) is 11.2. The van der Waals surface area contributed by atoms with E-state index in [4.69, 9.17) is 16.3 Å². The molecule has 1 heterocycles. The number of hydrogen-bond acceptors (Lipinski definition) is 2. The van der Waals surface area contributed by atoms with Crippen molar-refractivity contribution in [3.8, 4) is 0 Å². The van der Waals surface area contributed by atoms with E-state index in [1.54, 1.807) is 0 Å². The average molecular weight is 294 g/mol. The molecule has 0 aromatic heterocycles. The summed E-state index contributed by atoms with van der Waals surface area (Å²) in [6, 6.07) is 3.70. The van der Waals surface area contributed by atoms with Crippen LogP contribution in [0.25, 0.3) is 0 Å². The molecule has 0 radical (unpaired) electrons. The molecule has 0 saturated carbocycles. The third kappa shape index (κ3) is 3.54. The Labute approximate surface area is 114 Å². The summed E-state index contributed by atoms with van der Waals surface area (Å²) in [7, 11) is 0.